The zero-order valence-electron chi connectivity index (χ0n) is 9.05. The van der Waals surface area contributed by atoms with E-state index < -0.39 is 0 Å². The Bertz CT molecular complexity index is 157. The van der Waals surface area contributed by atoms with Gasteiger partial charge in [0.05, 0.1) is 12.6 Å². The van der Waals surface area contributed by atoms with Crippen molar-refractivity contribution in [3.8, 4) is 0 Å². The summed E-state index contributed by atoms with van der Waals surface area (Å²) >= 11 is 0. The predicted octanol–water partition coefficient (Wildman–Crippen LogP) is 1.31. The van der Waals surface area contributed by atoms with Gasteiger partial charge in [-0.05, 0) is 11.8 Å². The third-order valence-corrected chi connectivity index (χ3v) is 1.77. The molecule has 13 heavy (non-hydrogen) atoms. The average Bonchev–Trinajstić information content (AvgIpc) is 1.96. The Morgan fingerprint density at radius 2 is 2.00 bits per heavy atom. The van der Waals surface area contributed by atoms with Crippen LogP contribution in [0.25, 0.3) is 0 Å². The fourth-order valence-corrected chi connectivity index (χ4v) is 1.04. The third kappa shape index (κ3) is 6.58. The maximum atomic E-state index is 11.4. The van der Waals surface area contributed by atoms with Crippen molar-refractivity contribution in [3.05, 3.63) is 0 Å². The molecule has 78 valence electrons. The van der Waals surface area contributed by atoms with Crippen molar-refractivity contribution in [3.63, 3.8) is 0 Å². The van der Waals surface area contributed by atoms with E-state index in [9.17, 15) is 4.79 Å². The summed E-state index contributed by atoms with van der Waals surface area (Å²) in [7, 11) is 0. The van der Waals surface area contributed by atoms with Gasteiger partial charge >= 0.3 is 0 Å². The van der Waals surface area contributed by atoms with E-state index >= 15 is 0 Å². The summed E-state index contributed by atoms with van der Waals surface area (Å²) in [6.45, 7) is 8.02. The van der Waals surface area contributed by atoms with Crippen molar-refractivity contribution in [1.29, 1.82) is 0 Å². The Balaban J connectivity index is 3.86. The largest absolute Gasteiger partial charge is 0.394 e. The first-order valence-corrected chi connectivity index (χ1v) is 4.79. The van der Waals surface area contributed by atoms with Gasteiger partial charge in [-0.3, -0.25) is 4.79 Å². The number of nitrogens with one attached hydrogen (secondary N) is 1. The molecule has 0 rings (SSSR count). The van der Waals surface area contributed by atoms with E-state index in [1.165, 1.54) is 0 Å². The van der Waals surface area contributed by atoms with Crippen LogP contribution in [0.2, 0.25) is 0 Å². The molecule has 0 aliphatic heterocycles. The van der Waals surface area contributed by atoms with E-state index in [1.807, 2.05) is 27.7 Å². The van der Waals surface area contributed by atoms with E-state index in [-0.39, 0.29) is 24.0 Å². The second-order valence-corrected chi connectivity index (χ2v) is 4.59. The van der Waals surface area contributed by atoms with Crippen LogP contribution in [-0.2, 0) is 4.79 Å². The Labute approximate surface area is 80.5 Å². The molecular weight excluding hydrogens is 166 g/mol. The Morgan fingerprint density at radius 3 is 2.31 bits per heavy atom. The highest BCUT2D eigenvalue weighted by Gasteiger charge is 2.17. The van der Waals surface area contributed by atoms with Gasteiger partial charge in [0, 0.05) is 6.42 Å². The molecule has 0 radical (unpaired) electrons. The first-order chi connectivity index (χ1) is 5.89. The van der Waals surface area contributed by atoms with E-state index in [0.29, 0.717) is 6.42 Å². The van der Waals surface area contributed by atoms with Crippen LogP contribution < -0.4 is 5.32 Å². The summed E-state index contributed by atoms with van der Waals surface area (Å²) < 4.78 is 0. The topological polar surface area (TPSA) is 49.3 Å². The first-order valence-electron chi connectivity index (χ1n) is 4.79. The average molecular weight is 187 g/mol. The van der Waals surface area contributed by atoms with Crippen LogP contribution in [0.3, 0.4) is 0 Å². The SMILES string of the molecule is CC[C@@H](CO)NC(=O)CC(C)(C)C. The molecule has 1 atom stereocenters. The summed E-state index contributed by atoms with van der Waals surface area (Å²) in [5.41, 5.74) is 0.0117. The van der Waals surface area contributed by atoms with E-state index in [1.54, 1.807) is 0 Å². The summed E-state index contributed by atoms with van der Waals surface area (Å²) in [6, 6.07) is -0.0881. The van der Waals surface area contributed by atoms with Gasteiger partial charge < -0.3 is 10.4 Å². The maximum absolute atomic E-state index is 11.4. The Kier molecular flexibility index (Phi) is 4.99. The molecule has 0 aromatic rings. The Hall–Kier alpha value is -0.570. The highest BCUT2D eigenvalue weighted by molar-refractivity contribution is 5.76. The lowest BCUT2D eigenvalue weighted by Crippen LogP contribution is -2.38. The van der Waals surface area contributed by atoms with Crippen molar-refractivity contribution in [1.82, 2.24) is 5.32 Å². The molecule has 0 aliphatic rings. The van der Waals surface area contributed by atoms with Gasteiger partial charge in [-0.15, -0.1) is 0 Å². The molecule has 0 heterocycles. The number of amides is 1. The predicted molar refractivity (Wildman–Crippen MR) is 53.4 cm³/mol. The lowest BCUT2D eigenvalue weighted by Gasteiger charge is -2.20. The number of hydrogen-bond donors (Lipinski definition) is 2. The standard InChI is InChI=1S/C10H21NO2/c1-5-8(7-12)11-9(13)6-10(2,3)4/h8,12H,5-7H2,1-4H3,(H,11,13)/t8-/m0/s1. The molecule has 1 amide bonds. The van der Waals surface area contributed by atoms with Crippen LogP contribution in [0, 0.1) is 5.41 Å². The molecule has 0 saturated carbocycles. The molecule has 2 N–H and O–H groups in total. The summed E-state index contributed by atoms with van der Waals surface area (Å²) in [5.74, 6) is 0.0217. The van der Waals surface area contributed by atoms with Gasteiger partial charge in [0.25, 0.3) is 0 Å². The minimum absolute atomic E-state index is 0.0117. The maximum Gasteiger partial charge on any atom is 0.220 e. The molecule has 0 aliphatic carbocycles. The van der Waals surface area contributed by atoms with Crippen LogP contribution in [0.5, 0.6) is 0 Å². The van der Waals surface area contributed by atoms with Crippen molar-refractivity contribution in [2.24, 2.45) is 5.41 Å². The molecule has 0 saturated heterocycles. The van der Waals surface area contributed by atoms with Crippen LogP contribution >= 0.6 is 0 Å². The molecule has 0 aromatic carbocycles. The van der Waals surface area contributed by atoms with Gasteiger partial charge in [-0.2, -0.15) is 0 Å². The van der Waals surface area contributed by atoms with Gasteiger partial charge in [-0.25, -0.2) is 0 Å². The lowest BCUT2D eigenvalue weighted by atomic mass is 9.92. The summed E-state index contributed by atoms with van der Waals surface area (Å²) in [4.78, 5) is 11.4. The van der Waals surface area contributed by atoms with Crippen LogP contribution in [0.1, 0.15) is 40.5 Å². The molecular formula is C10H21NO2. The van der Waals surface area contributed by atoms with E-state index in [4.69, 9.17) is 5.11 Å². The summed E-state index contributed by atoms with van der Waals surface area (Å²) in [5, 5.41) is 11.6. The van der Waals surface area contributed by atoms with Gasteiger partial charge in [0.1, 0.15) is 0 Å². The van der Waals surface area contributed by atoms with Gasteiger partial charge in [0.15, 0.2) is 0 Å². The van der Waals surface area contributed by atoms with Crippen molar-refractivity contribution in [2.75, 3.05) is 6.61 Å². The van der Waals surface area contributed by atoms with Crippen LogP contribution in [-0.4, -0.2) is 23.7 Å². The normalized spacial score (nSPS) is 13.9. The number of aliphatic hydroxyl groups is 1. The van der Waals surface area contributed by atoms with Gasteiger partial charge in [0.2, 0.25) is 5.91 Å². The lowest BCUT2D eigenvalue weighted by molar-refractivity contribution is -0.123. The Morgan fingerprint density at radius 1 is 1.46 bits per heavy atom. The molecule has 3 nitrogen and oxygen atoms in total. The zero-order valence-corrected chi connectivity index (χ0v) is 9.05. The third-order valence-electron chi connectivity index (χ3n) is 1.77. The molecule has 0 fully saturated rings. The first kappa shape index (κ1) is 12.4. The molecule has 3 heteroatoms. The monoisotopic (exact) mass is 187 g/mol. The number of carbonyl (C=O) groups is 1. The molecule has 0 unspecified atom stereocenters. The number of hydrogen-bond acceptors (Lipinski definition) is 2. The quantitative estimate of drug-likeness (QED) is 0.697. The fraction of sp³-hybridized carbons (Fsp3) is 0.900. The van der Waals surface area contributed by atoms with Crippen molar-refractivity contribution < 1.29 is 9.90 Å². The minimum atomic E-state index is -0.0881. The number of rotatable bonds is 4. The van der Waals surface area contributed by atoms with E-state index in [2.05, 4.69) is 5.32 Å². The second-order valence-electron chi connectivity index (χ2n) is 4.59. The van der Waals surface area contributed by atoms with E-state index in [0.717, 1.165) is 6.42 Å². The molecule has 0 bridgehead atoms. The van der Waals surface area contributed by atoms with Crippen LogP contribution in [0.15, 0.2) is 0 Å². The molecule has 0 aromatic heterocycles. The molecule has 0 spiro atoms. The number of aliphatic hydroxyl groups excluding tert-OH is 1. The smallest absolute Gasteiger partial charge is 0.220 e. The zero-order chi connectivity index (χ0) is 10.5. The summed E-state index contributed by atoms with van der Waals surface area (Å²) in [6.07, 6.45) is 1.27. The second kappa shape index (κ2) is 5.22. The van der Waals surface area contributed by atoms with Gasteiger partial charge in [-0.1, -0.05) is 27.7 Å². The minimum Gasteiger partial charge on any atom is -0.394 e. The fourth-order valence-electron chi connectivity index (χ4n) is 1.04. The van der Waals surface area contributed by atoms with Crippen molar-refractivity contribution >= 4 is 5.91 Å². The van der Waals surface area contributed by atoms with Crippen molar-refractivity contribution in [2.45, 2.75) is 46.6 Å². The number of carbonyl (C=O) groups excluding carboxylic acids is 1. The van der Waals surface area contributed by atoms with Crippen LogP contribution in [0.4, 0.5) is 0 Å². The highest BCUT2D eigenvalue weighted by Crippen LogP contribution is 2.17. The highest BCUT2D eigenvalue weighted by atomic mass is 16.3.